The normalized spacial score (nSPS) is 20.9. The molecule has 1 aliphatic heterocycles. The lowest BCUT2D eigenvalue weighted by Crippen LogP contribution is -2.46. The summed E-state index contributed by atoms with van der Waals surface area (Å²) in [6.45, 7) is 0. The largest absolute Gasteiger partial charge is 0.487 e. The van der Waals surface area contributed by atoms with Gasteiger partial charge in [0, 0.05) is 17.0 Å². The van der Waals surface area contributed by atoms with E-state index >= 15 is 0 Å². The predicted molar refractivity (Wildman–Crippen MR) is 104 cm³/mol. The third-order valence-corrected chi connectivity index (χ3v) is 5.97. The van der Waals surface area contributed by atoms with Crippen molar-refractivity contribution in [1.82, 2.24) is 5.32 Å². The summed E-state index contributed by atoms with van der Waals surface area (Å²) in [7, 11) is 0. The van der Waals surface area contributed by atoms with E-state index in [0.29, 0.717) is 11.4 Å². The molecule has 136 valence electrons. The van der Waals surface area contributed by atoms with E-state index in [1.165, 1.54) is 19.3 Å². The maximum Gasteiger partial charge on any atom is 0.224 e. The molecule has 1 amide bonds. The molecule has 0 aromatic heterocycles. The molecule has 1 N–H and O–H groups in total. The van der Waals surface area contributed by atoms with Crippen LogP contribution in [0.25, 0.3) is 0 Å². The molecule has 0 saturated heterocycles. The number of amides is 1. The lowest BCUT2D eigenvalue weighted by Gasteiger charge is -2.44. The first kappa shape index (κ1) is 17.4. The minimum Gasteiger partial charge on any atom is -0.487 e. The zero-order valence-corrected chi connectivity index (χ0v) is 15.6. The highest BCUT2D eigenvalue weighted by Gasteiger charge is 2.42. The van der Waals surface area contributed by atoms with Crippen molar-refractivity contribution in [2.24, 2.45) is 0 Å². The van der Waals surface area contributed by atoms with Crippen LogP contribution in [0.5, 0.6) is 5.75 Å². The molecule has 2 aromatic carbocycles. The Kier molecular flexibility index (Phi) is 4.90. The third-order valence-electron chi connectivity index (χ3n) is 5.61. The second-order valence-electron chi connectivity index (χ2n) is 7.48. The molecule has 1 fully saturated rings. The number of benzene rings is 2. The number of hydrogen-bond acceptors (Lipinski definition) is 2. The van der Waals surface area contributed by atoms with Crippen molar-refractivity contribution >= 4 is 17.5 Å². The molecule has 3 nitrogen and oxygen atoms in total. The van der Waals surface area contributed by atoms with Gasteiger partial charge in [0.2, 0.25) is 5.91 Å². The lowest BCUT2D eigenvalue weighted by molar-refractivity contribution is -0.122. The Morgan fingerprint density at radius 3 is 2.62 bits per heavy atom. The molecule has 1 heterocycles. The van der Waals surface area contributed by atoms with Gasteiger partial charge in [-0.2, -0.15) is 0 Å². The van der Waals surface area contributed by atoms with Crippen LogP contribution in [0.4, 0.5) is 0 Å². The van der Waals surface area contributed by atoms with Gasteiger partial charge < -0.3 is 10.1 Å². The van der Waals surface area contributed by atoms with Gasteiger partial charge in [-0.1, -0.05) is 54.4 Å². The van der Waals surface area contributed by atoms with Gasteiger partial charge in [0.1, 0.15) is 11.4 Å². The highest BCUT2D eigenvalue weighted by atomic mass is 35.5. The lowest BCUT2D eigenvalue weighted by atomic mass is 9.77. The number of hydrogen-bond donors (Lipinski definition) is 1. The molecule has 1 saturated carbocycles. The van der Waals surface area contributed by atoms with E-state index in [9.17, 15) is 4.79 Å². The van der Waals surface area contributed by atoms with Crippen LogP contribution >= 0.6 is 11.6 Å². The molecule has 2 aromatic rings. The van der Waals surface area contributed by atoms with E-state index in [2.05, 4.69) is 11.4 Å². The van der Waals surface area contributed by atoms with Gasteiger partial charge >= 0.3 is 0 Å². The fourth-order valence-corrected chi connectivity index (χ4v) is 4.51. The van der Waals surface area contributed by atoms with Crippen LogP contribution in [0, 0.1) is 0 Å². The van der Waals surface area contributed by atoms with E-state index < -0.39 is 0 Å². The summed E-state index contributed by atoms with van der Waals surface area (Å²) in [6.07, 6.45) is 6.95. The molecular weight excluding hydrogens is 346 g/mol. The second-order valence-corrected chi connectivity index (χ2v) is 7.88. The molecule has 1 unspecified atom stereocenters. The number of carbonyl (C=O) groups is 1. The van der Waals surface area contributed by atoms with Crippen LogP contribution in [0.1, 0.15) is 55.7 Å². The smallest absolute Gasteiger partial charge is 0.224 e. The molecule has 1 spiro atoms. The Labute approximate surface area is 159 Å². The Morgan fingerprint density at radius 2 is 1.81 bits per heavy atom. The maximum atomic E-state index is 12.7. The summed E-state index contributed by atoms with van der Waals surface area (Å²) in [4.78, 5) is 12.7. The number of ether oxygens (including phenoxy) is 1. The summed E-state index contributed by atoms with van der Waals surface area (Å²) < 4.78 is 6.44. The molecule has 1 atom stereocenters. The average Bonchev–Trinajstić information content (AvgIpc) is 2.64. The van der Waals surface area contributed by atoms with Crippen LogP contribution in [0.3, 0.4) is 0 Å². The second kappa shape index (κ2) is 7.32. The molecular formula is C22H24ClNO2. The van der Waals surface area contributed by atoms with Gasteiger partial charge in [-0.3, -0.25) is 4.79 Å². The fourth-order valence-electron chi connectivity index (χ4n) is 4.31. The van der Waals surface area contributed by atoms with E-state index in [4.69, 9.17) is 16.3 Å². The topological polar surface area (TPSA) is 38.3 Å². The van der Waals surface area contributed by atoms with Gasteiger partial charge in [-0.15, -0.1) is 0 Å². The first-order valence-corrected chi connectivity index (χ1v) is 9.84. The van der Waals surface area contributed by atoms with E-state index in [-0.39, 0.29) is 17.6 Å². The standard InChI is InChI=1S/C22H24ClNO2/c23-18-10-4-2-8-16(18)14-21(25)24-19-15-22(12-6-1-7-13-22)26-20-11-5-3-9-17(19)20/h2-5,8-11,19H,1,6-7,12-15H2,(H,24,25). The minimum atomic E-state index is -0.130. The summed E-state index contributed by atoms with van der Waals surface area (Å²) in [6, 6.07) is 15.6. The number of nitrogens with one attached hydrogen (secondary N) is 1. The van der Waals surface area contributed by atoms with Crippen LogP contribution < -0.4 is 10.1 Å². The summed E-state index contributed by atoms with van der Waals surface area (Å²) in [5, 5.41) is 3.88. The van der Waals surface area contributed by atoms with Crippen LogP contribution in [0.15, 0.2) is 48.5 Å². The Hall–Kier alpha value is -2.00. The van der Waals surface area contributed by atoms with Crippen LogP contribution in [-0.4, -0.2) is 11.5 Å². The molecule has 4 heteroatoms. The van der Waals surface area contributed by atoms with E-state index in [1.807, 2.05) is 42.5 Å². The molecule has 26 heavy (non-hydrogen) atoms. The highest BCUT2D eigenvalue weighted by molar-refractivity contribution is 6.31. The Balaban J connectivity index is 1.54. The van der Waals surface area contributed by atoms with Crippen molar-refractivity contribution in [1.29, 1.82) is 0 Å². The maximum absolute atomic E-state index is 12.7. The number of halogens is 1. The van der Waals surface area contributed by atoms with Crippen molar-refractivity contribution in [3.05, 3.63) is 64.7 Å². The number of fused-ring (bicyclic) bond motifs is 1. The van der Waals surface area contributed by atoms with Gasteiger partial charge in [0.25, 0.3) is 0 Å². The zero-order chi connectivity index (χ0) is 18.0. The van der Waals surface area contributed by atoms with E-state index in [1.54, 1.807) is 0 Å². The summed E-state index contributed by atoms with van der Waals surface area (Å²) in [5.74, 6) is 0.925. The minimum absolute atomic E-state index is 0.00534. The summed E-state index contributed by atoms with van der Waals surface area (Å²) in [5.41, 5.74) is 1.81. The molecule has 0 radical (unpaired) electrons. The van der Waals surface area contributed by atoms with Gasteiger partial charge in [-0.05, 0) is 43.4 Å². The quantitative estimate of drug-likeness (QED) is 0.804. The van der Waals surface area contributed by atoms with Crippen molar-refractivity contribution in [2.45, 2.75) is 56.6 Å². The van der Waals surface area contributed by atoms with Crippen LogP contribution in [0.2, 0.25) is 5.02 Å². The molecule has 0 bridgehead atoms. The van der Waals surface area contributed by atoms with Crippen molar-refractivity contribution in [3.63, 3.8) is 0 Å². The number of carbonyl (C=O) groups excluding carboxylic acids is 1. The van der Waals surface area contributed by atoms with Crippen molar-refractivity contribution in [2.75, 3.05) is 0 Å². The zero-order valence-electron chi connectivity index (χ0n) is 14.8. The first-order chi connectivity index (χ1) is 12.7. The van der Waals surface area contributed by atoms with Crippen molar-refractivity contribution in [3.8, 4) is 5.75 Å². The monoisotopic (exact) mass is 369 g/mol. The average molecular weight is 370 g/mol. The SMILES string of the molecule is O=C(Cc1ccccc1Cl)NC1CC2(CCCCC2)Oc2ccccc21. The predicted octanol–water partition coefficient (Wildman–Crippen LogP) is 5.23. The van der Waals surface area contributed by atoms with Gasteiger partial charge in [0.15, 0.2) is 0 Å². The van der Waals surface area contributed by atoms with Crippen molar-refractivity contribution < 1.29 is 9.53 Å². The Morgan fingerprint density at radius 1 is 1.08 bits per heavy atom. The highest BCUT2D eigenvalue weighted by Crippen LogP contribution is 2.46. The fraction of sp³-hybridized carbons (Fsp3) is 0.409. The summed E-state index contributed by atoms with van der Waals surface area (Å²) >= 11 is 6.21. The van der Waals surface area contributed by atoms with Gasteiger partial charge in [0.05, 0.1) is 12.5 Å². The Bertz CT molecular complexity index is 798. The molecule has 4 rings (SSSR count). The number of para-hydroxylation sites is 1. The molecule has 2 aliphatic rings. The van der Waals surface area contributed by atoms with Crippen LogP contribution in [-0.2, 0) is 11.2 Å². The third kappa shape index (κ3) is 3.59. The van der Waals surface area contributed by atoms with E-state index in [0.717, 1.165) is 36.1 Å². The number of rotatable bonds is 3. The first-order valence-electron chi connectivity index (χ1n) is 9.46. The van der Waals surface area contributed by atoms with Gasteiger partial charge in [-0.25, -0.2) is 0 Å². The molecule has 1 aliphatic carbocycles.